The van der Waals surface area contributed by atoms with E-state index in [4.69, 9.17) is 9.47 Å². The summed E-state index contributed by atoms with van der Waals surface area (Å²) in [4.78, 5) is 0. The van der Waals surface area contributed by atoms with Crippen LogP contribution in [0.2, 0.25) is 0 Å². The van der Waals surface area contributed by atoms with Gasteiger partial charge in [-0.2, -0.15) is 0 Å². The third-order valence-electron chi connectivity index (χ3n) is 3.37. The minimum absolute atomic E-state index is 0.174. The zero-order valence-corrected chi connectivity index (χ0v) is 9.76. The fourth-order valence-electron chi connectivity index (χ4n) is 1.98. The van der Waals surface area contributed by atoms with Crippen molar-refractivity contribution in [2.75, 3.05) is 13.7 Å². The molecule has 2 aliphatic carbocycles. The Hall–Kier alpha value is -0.640. The quantitative estimate of drug-likeness (QED) is 0.726. The summed E-state index contributed by atoms with van der Waals surface area (Å²) in [6, 6.07) is 0. The molecule has 0 aromatic carbocycles. The molecule has 16 heavy (non-hydrogen) atoms. The van der Waals surface area contributed by atoms with Crippen LogP contribution in [0.3, 0.4) is 0 Å². The number of methoxy groups -OCH3 is 1. The number of aliphatic hydroxyl groups is 1. The van der Waals surface area contributed by atoms with Crippen LogP contribution < -0.4 is 0 Å². The molecule has 0 aromatic heterocycles. The van der Waals surface area contributed by atoms with E-state index in [1.807, 2.05) is 18.2 Å². The number of ether oxygens (including phenoxy) is 2. The summed E-state index contributed by atoms with van der Waals surface area (Å²) < 4.78 is 10.6. The monoisotopic (exact) mass is 224 g/mol. The van der Waals surface area contributed by atoms with Crippen LogP contribution in [0.15, 0.2) is 23.8 Å². The van der Waals surface area contributed by atoms with E-state index in [2.05, 4.69) is 0 Å². The van der Waals surface area contributed by atoms with E-state index in [-0.39, 0.29) is 6.10 Å². The molecule has 0 aliphatic heterocycles. The van der Waals surface area contributed by atoms with Gasteiger partial charge in [-0.05, 0) is 25.2 Å². The summed E-state index contributed by atoms with van der Waals surface area (Å²) in [7, 11) is 1.50. The topological polar surface area (TPSA) is 38.7 Å². The molecule has 2 unspecified atom stereocenters. The lowest BCUT2D eigenvalue weighted by molar-refractivity contribution is -0.0431. The molecular formula is C13H20O3. The smallest absolute Gasteiger partial charge is 0.180 e. The predicted octanol–water partition coefficient (Wildman–Crippen LogP) is 2.02. The van der Waals surface area contributed by atoms with Crippen LogP contribution in [0.5, 0.6) is 0 Å². The number of hydrogen-bond donors (Lipinski definition) is 1. The second kappa shape index (κ2) is 5.62. The molecule has 0 radical (unpaired) electrons. The standard InChI is InChI=1S/C13H20O3/c1-15-13(14)11-5-7-12(8-6-11)16-9-10-3-2-4-10/h5-7,10,12-14H,2-4,8-9H2,1H3. The van der Waals surface area contributed by atoms with Gasteiger partial charge in [0.25, 0.3) is 0 Å². The normalized spacial score (nSPS) is 27.4. The largest absolute Gasteiger partial charge is 0.374 e. The van der Waals surface area contributed by atoms with Crippen molar-refractivity contribution in [1.82, 2.24) is 0 Å². The van der Waals surface area contributed by atoms with Crippen molar-refractivity contribution in [3.63, 3.8) is 0 Å². The minimum atomic E-state index is -0.802. The molecule has 1 fully saturated rings. The first kappa shape index (κ1) is 11.8. The average Bonchev–Trinajstić information content (AvgIpc) is 2.27. The van der Waals surface area contributed by atoms with E-state index in [0.717, 1.165) is 24.5 Å². The summed E-state index contributed by atoms with van der Waals surface area (Å²) in [5.74, 6) is 0.781. The summed E-state index contributed by atoms with van der Waals surface area (Å²) in [5, 5.41) is 9.45. The Balaban J connectivity index is 1.72. The highest BCUT2D eigenvalue weighted by molar-refractivity contribution is 5.26. The van der Waals surface area contributed by atoms with Gasteiger partial charge in [-0.3, -0.25) is 0 Å². The van der Waals surface area contributed by atoms with Gasteiger partial charge in [-0.1, -0.05) is 24.6 Å². The van der Waals surface area contributed by atoms with Crippen molar-refractivity contribution in [3.8, 4) is 0 Å². The maximum atomic E-state index is 9.45. The molecule has 0 heterocycles. The SMILES string of the molecule is COC(O)C1=CCC(OCC2CCC2)C=C1. The highest BCUT2D eigenvalue weighted by atomic mass is 16.6. The second-order valence-corrected chi connectivity index (χ2v) is 4.56. The molecule has 0 saturated heterocycles. The van der Waals surface area contributed by atoms with Crippen LogP contribution in [-0.4, -0.2) is 31.2 Å². The fraction of sp³-hybridized carbons (Fsp3) is 0.692. The molecule has 3 nitrogen and oxygen atoms in total. The van der Waals surface area contributed by atoms with Crippen LogP contribution in [0.25, 0.3) is 0 Å². The molecule has 2 atom stereocenters. The van der Waals surface area contributed by atoms with Crippen molar-refractivity contribution >= 4 is 0 Å². The summed E-state index contributed by atoms with van der Waals surface area (Å²) in [6.07, 6.45) is 10.1. The van der Waals surface area contributed by atoms with Crippen molar-refractivity contribution < 1.29 is 14.6 Å². The lowest BCUT2D eigenvalue weighted by Gasteiger charge is -2.27. The van der Waals surface area contributed by atoms with Crippen LogP contribution >= 0.6 is 0 Å². The van der Waals surface area contributed by atoms with Gasteiger partial charge in [-0.25, -0.2) is 0 Å². The molecule has 0 spiro atoms. The fourth-order valence-corrected chi connectivity index (χ4v) is 1.98. The molecule has 1 saturated carbocycles. The lowest BCUT2D eigenvalue weighted by Crippen LogP contribution is -2.23. The lowest BCUT2D eigenvalue weighted by atomic mass is 9.86. The van der Waals surface area contributed by atoms with Gasteiger partial charge in [0.1, 0.15) is 0 Å². The molecule has 2 rings (SSSR count). The number of aliphatic hydroxyl groups excluding tert-OH is 1. The minimum Gasteiger partial charge on any atom is -0.374 e. The van der Waals surface area contributed by atoms with Crippen molar-refractivity contribution in [1.29, 1.82) is 0 Å². The highest BCUT2D eigenvalue weighted by Gasteiger charge is 2.20. The van der Waals surface area contributed by atoms with Gasteiger partial charge >= 0.3 is 0 Å². The first-order valence-electron chi connectivity index (χ1n) is 6.00. The van der Waals surface area contributed by atoms with Crippen LogP contribution in [0, 0.1) is 5.92 Å². The zero-order valence-electron chi connectivity index (χ0n) is 9.76. The highest BCUT2D eigenvalue weighted by Crippen LogP contribution is 2.27. The van der Waals surface area contributed by atoms with E-state index in [9.17, 15) is 5.11 Å². The Kier molecular flexibility index (Phi) is 4.16. The third-order valence-corrected chi connectivity index (χ3v) is 3.37. The molecule has 90 valence electrons. The van der Waals surface area contributed by atoms with Gasteiger partial charge < -0.3 is 14.6 Å². The average molecular weight is 224 g/mol. The molecule has 1 N–H and O–H groups in total. The number of rotatable bonds is 5. The van der Waals surface area contributed by atoms with Gasteiger partial charge in [0.05, 0.1) is 12.7 Å². The Labute approximate surface area is 96.7 Å². The molecular weight excluding hydrogens is 204 g/mol. The van der Waals surface area contributed by atoms with E-state index < -0.39 is 6.29 Å². The van der Waals surface area contributed by atoms with E-state index in [0.29, 0.717) is 0 Å². The van der Waals surface area contributed by atoms with Crippen LogP contribution in [0.4, 0.5) is 0 Å². The number of hydrogen-bond acceptors (Lipinski definition) is 3. The Morgan fingerprint density at radius 2 is 2.31 bits per heavy atom. The van der Waals surface area contributed by atoms with Gasteiger partial charge in [-0.15, -0.1) is 0 Å². The predicted molar refractivity (Wildman–Crippen MR) is 61.9 cm³/mol. The molecule has 3 heteroatoms. The zero-order chi connectivity index (χ0) is 11.4. The molecule has 0 bridgehead atoms. The maximum absolute atomic E-state index is 9.45. The van der Waals surface area contributed by atoms with Crippen molar-refractivity contribution in [3.05, 3.63) is 23.8 Å². The molecule has 0 amide bonds. The van der Waals surface area contributed by atoms with E-state index in [1.165, 1.54) is 26.4 Å². The van der Waals surface area contributed by atoms with Gasteiger partial charge in [0.15, 0.2) is 6.29 Å². The first-order chi connectivity index (χ1) is 7.79. The summed E-state index contributed by atoms with van der Waals surface area (Å²) in [5.41, 5.74) is 0.825. The maximum Gasteiger partial charge on any atom is 0.180 e. The Morgan fingerprint density at radius 1 is 1.50 bits per heavy atom. The summed E-state index contributed by atoms with van der Waals surface area (Å²) >= 11 is 0. The van der Waals surface area contributed by atoms with Crippen molar-refractivity contribution in [2.45, 2.75) is 38.1 Å². The van der Waals surface area contributed by atoms with E-state index in [1.54, 1.807) is 0 Å². The van der Waals surface area contributed by atoms with Gasteiger partial charge in [0, 0.05) is 12.7 Å². The Bertz CT molecular complexity index is 279. The van der Waals surface area contributed by atoms with E-state index >= 15 is 0 Å². The Morgan fingerprint density at radius 3 is 2.81 bits per heavy atom. The summed E-state index contributed by atoms with van der Waals surface area (Å²) in [6.45, 7) is 0.880. The van der Waals surface area contributed by atoms with Crippen molar-refractivity contribution in [2.24, 2.45) is 5.92 Å². The van der Waals surface area contributed by atoms with Crippen LogP contribution in [0.1, 0.15) is 25.7 Å². The molecule has 0 aromatic rings. The van der Waals surface area contributed by atoms with Gasteiger partial charge in [0.2, 0.25) is 0 Å². The molecule has 2 aliphatic rings. The third kappa shape index (κ3) is 2.94. The second-order valence-electron chi connectivity index (χ2n) is 4.56. The first-order valence-corrected chi connectivity index (χ1v) is 6.00. The van der Waals surface area contributed by atoms with Crippen LogP contribution in [-0.2, 0) is 9.47 Å².